The lowest BCUT2D eigenvalue weighted by molar-refractivity contribution is -0.136. The van der Waals surface area contributed by atoms with E-state index in [1.54, 1.807) is 6.07 Å². The van der Waals surface area contributed by atoms with E-state index in [1.165, 1.54) is 22.7 Å². The molecule has 6 heteroatoms. The van der Waals surface area contributed by atoms with E-state index in [0.717, 1.165) is 10.6 Å². The van der Waals surface area contributed by atoms with Crippen molar-refractivity contribution in [3.8, 4) is 10.6 Å². The zero-order chi connectivity index (χ0) is 10.8. The molecule has 1 N–H and O–H groups in total. The van der Waals surface area contributed by atoms with Gasteiger partial charge in [0.1, 0.15) is 5.01 Å². The highest BCUT2D eigenvalue weighted by molar-refractivity contribution is 7.19. The first-order chi connectivity index (χ1) is 7.15. The second-order valence-electron chi connectivity index (χ2n) is 2.80. The molecule has 0 aliphatic rings. The Morgan fingerprint density at radius 1 is 1.53 bits per heavy atom. The van der Waals surface area contributed by atoms with Gasteiger partial charge in [-0.3, -0.25) is 4.79 Å². The summed E-state index contributed by atoms with van der Waals surface area (Å²) in [6.07, 6.45) is -0.0240. The number of hydrogen-bond donors (Lipinski definition) is 1. The van der Waals surface area contributed by atoms with E-state index in [-0.39, 0.29) is 6.42 Å². The van der Waals surface area contributed by atoms with Crippen LogP contribution in [0.25, 0.3) is 10.6 Å². The summed E-state index contributed by atoms with van der Waals surface area (Å²) in [4.78, 5) is 15.7. The van der Waals surface area contributed by atoms with E-state index in [9.17, 15) is 4.79 Å². The Kier molecular flexibility index (Phi) is 3.04. The number of carbonyl (C=O) groups is 1. The van der Waals surface area contributed by atoms with Crippen LogP contribution in [0.5, 0.6) is 0 Å². The van der Waals surface area contributed by atoms with Crippen molar-refractivity contribution in [2.24, 2.45) is 0 Å². The van der Waals surface area contributed by atoms with Crippen molar-refractivity contribution in [3.05, 3.63) is 26.9 Å². The Labute approximate surface area is 99.0 Å². The second-order valence-corrected chi connectivity index (χ2v) is 5.46. The molecule has 0 saturated carbocycles. The molecule has 2 rings (SSSR count). The molecule has 2 aromatic heterocycles. The second kappa shape index (κ2) is 4.30. The molecule has 0 bridgehead atoms. The Hall–Kier alpha value is -0.910. The molecule has 0 amide bonds. The highest BCUT2D eigenvalue weighted by Crippen LogP contribution is 2.31. The Morgan fingerprint density at radius 3 is 2.93 bits per heavy atom. The Balaban J connectivity index is 2.23. The van der Waals surface area contributed by atoms with Crippen LogP contribution in [0.1, 0.15) is 5.01 Å². The number of aliphatic carboxylic acids is 1. The number of hydrogen-bond acceptors (Lipinski definition) is 4. The maximum atomic E-state index is 10.5. The Morgan fingerprint density at radius 2 is 2.33 bits per heavy atom. The van der Waals surface area contributed by atoms with Crippen molar-refractivity contribution in [2.45, 2.75) is 6.42 Å². The number of thiophene rings is 1. The van der Waals surface area contributed by atoms with Gasteiger partial charge >= 0.3 is 5.97 Å². The van der Waals surface area contributed by atoms with E-state index >= 15 is 0 Å². The lowest BCUT2D eigenvalue weighted by Gasteiger charge is -1.88. The van der Waals surface area contributed by atoms with Gasteiger partial charge < -0.3 is 5.11 Å². The molecule has 0 radical (unpaired) electrons. The summed E-state index contributed by atoms with van der Waals surface area (Å²) in [5.41, 5.74) is 0.799. The van der Waals surface area contributed by atoms with Crippen LogP contribution in [0.3, 0.4) is 0 Å². The lowest BCUT2D eigenvalue weighted by atomic mass is 10.4. The number of aromatic nitrogens is 1. The summed E-state index contributed by atoms with van der Waals surface area (Å²) in [6.45, 7) is 0. The molecule has 2 aromatic rings. The van der Waals surface area contributed by atoms with Gasteiger partial charge in [-0.25, -0.2) is 4.98 Å². The molecule has 15 heavy (non-hydrogen) atoms. The first-order valence-electron chi connectivity index (χ1n) is 4.07. The summed E-state index contributed by atoms with van der Waals surface area (Å²) in [5, 5.41) is 11.1. The zero-order valence-electron chi connectivity index (χ0n) is 7.44. The molecule has 0 aliphatic heterocycles. The van der Waals surface area contributed by atoms with Crippen LogP contribution < -0.4 is 0 Å². The van der Waals surface area contributed by atoms with Gasteiger partial charge in [0.25, 0.3) is 0 Å². The minimum atomic E-state index is -0.861. The molecule has 2 heterocycles. The summed E-state index contributed by atoms with van der Waals surface area (Å²) in [5.74, 6) is -0.861. The summed E-state index contributed by atoms with van der Waals surface area (Å²) >= 11 is 8.59. The van der Waals surface area contributed by atoms with E-state index < -0.39 is 5.97 Å². The molecule has 0 saturated heterocycles. The normalized spacial score (nSPS) is 10.5. The van der Waals surface area contributed by atoms with Crippen molar-refractivity contribution in [3.63, 3.8) is 0 Å². The number of carboxylic acids is 1. The van der Waals surface area contributed by atoms with Crippen LogP contribution in [-0.2, 0) is 11.2 Å². The van der Waals surface area contributed by atoms with Gasteiger partial charge in [-0.1, -0.05) is 11.6 Å². The number of halogens is 1. The van der Waals surface area contributed by atoms with Gasteiger partial charge in [-0.15, -0.1) is 22.7 Å². The van der Waals surface area contributed by atoms with Gasteiger partial charge in [0.15, 0.2) is 0 Å². The molecular formula is C9H6ClNO2S2. The molecule has 0 atom stereocenters. The summed E-state index contributed by atoms with van der Waals surface area (Å²) < 4.78 is 0.706. The zero-order valence-corrected chi connectivity index (χ0v) is 9.83. The maximum Gasteiger partial charge on any atom is 0.310 e. The molecule has 3 nitrogen and oxygen atoms in total. The highest BCUT2D eigenvalue weighted by atomic mass is 35.5. The van der Waals surface area contributed by atoms with Crippen LogP contribution in [0, 0.1) is 0 Å². The smallest absolute Gasteiger partial charge is 0.310 e. The van der Waals surface area contributed by atoms with Crippen molar-refractivity contribution in [1.29, 1.82) is 0 Å². The number of carboxylic acid groups (broad SMARTS) is 1. The minimum absolute atomic E-state index is 0.0240. The molecular weight excluding hydrogens is 254 g/mol. The third-order valence-corrected chi connectivity index (χ3v) is 3.78. The molecule has 0 unspecified atom stereocenters. The predicted octanol–water partition coefficient (Wildman–Crippen LogP) is 3.15. The average Bonchev–Trinajstić information content (AvgIpc) is 2.72. The monoisotopic (exact) mass is 259 g/mol. The van der Waals surface area contributed by atoms with Crippen molar-refractivity contribution in [1.82, 2.24) is 4.98 Å². The van der Waals surface area contributed by atoms with E-state index in [4.69, 9.17) is 16.7 Å². The van der Waals surface area contributed by atoms with Gasteiger partial charge in [0.2, 0.25) is 0 Å². The minimum Gasteiger partial charge on any atom is -0.481 e. The Bertz CT molecular complexity index is 492. The summed E-state index contributed by atoms with van der Waals surface area (Å²) in [6, 6.07) is 3.68. The van der Waals surface area contributed by atoms with Crippen LogP contribution in [0.15, 0.2) is 17.5 Å². The van der Waals surface area contributed by atoms with Gasteiger partial charge in [-0.05, 0) is 12.1 Å². The molecule has 0 aliphatic carbocycles. The fourth-order valence-electron chi connectivity index (χ4n) is 1.09. The van der Waals surface area contributed by atoms with E-state index in [1.807, 2.05) is 11.4 Å². The third-order valence-electron chi connectivity index (χ3n) is 1.68. The lowest BCUT2D eigenvalue weighted by Crippen LogP contribution is -1.98. The third kappa shape index (κ3) is 2.56. The average molecular weight is 260 g/mol. The molecule has 78 valence electrons. The van der Waals surface area contributed by atoms with Crippen molar-refractivity contribution >= 4 is 40.2 Å². The first kappa shape index (κ1) is 10.6. The first-order valence-corrected chi connectivity index (χ1v) is 6.14. The van der Waals surface area contributed by atoms with Crippen molar-refractivity contribution in [2.75, 3.05) is 0 Å². The van der Waals surface area contributed by atoms with E-state index in [0.29, 0.717) is 9.34 Å². The van der Waals surface area contributed by atoms with Crippen LogP contribution in [0.4, 0.5) is 0 Å². The highest BCUT2D eigenvalue weighted by Gasteiger charge is 2.09. The van der Waals surface area contributed by atoms with E-state index in [2.05, 4.69) is 4.98 Å². The number of thiazole rings is 1. The van der Waals surface area contributed by atoms with Gasteiger partial charge in [0, 0.05) is 5.38 Å². The van der Waals surface area contributed by atoms with Crippen molar-refractivity contribution < 1.29 is 9.90 Å². The van der Waals surface area contributed by atoms with Crippen LogP contribution in [0.2, 0.25) is 4.34 Å². The van der Waals surface area contributed by atoms with Gasteiger partial charge in [-0.2, -0.15) is 0 Å². The van der Waals surface area contributed by atoms with Crippen LogP contribution >= 0.6 is 34.3 Å². The fourth-order valence-corrected chi connectivity index (χ4v) is 2.95. The van der Waals surface area contributed by atoms with Crippen LogP contribution in [-0.4, -0.2) is 16.1 Å². The molecule has 0 aromatic carbocycles. The largest absolute Gasteiger partial charge is 0.481 e. The topological polar surface area (TPSA) is 50.2 Å². The fraction of sp³-hybridized carbons (Fsp3) is 0.111. The number of rotatable bonds is 3. The quantitative estimate of drug-likeness (QED) is 0.921. The molecule has 0 fully saturated rings. The van der Waals surface area contributed by atoms with Gasteiger partial charge in [0.05, 0.1) is 21.3 Å². The SMILES string of the molecule is O=C(O)Cc1nc(-c2ccc(Cl)s2)cs1. The summed E-state index contributed by atoms with van der Waals surface area (Å²) in [7, 11) is 0. The number of nitrogens with zero attached hydrogens (tertiary/aromatic N) is 1. The predicted molar refractivity (Wildman–Crippen MR) is 61.8 cm³/mol. The standard InChI is InChI=1S/C9H6ClNO2S2/c10-7-2-1-6(15-7)5-4-14-8(11-5)3-9(12)13/h1-2,4H,3H2,(H,12,13). The maximum absolute atomic E-state index is 10.5. The molecule has 0 spiro atoms.